The molecular formula is C20H28N2O3S. The van der Waals surface area contributed by atoms with E-state index < -0.39 is 0 Å². The number of Topliss-reactive ketones (excluding diaryl/α,β-unsaturated/α-hetero) is 1. The van der Waals surface area contributed by atoms with E-state index in [4.69, 9.17) is 21.7 Å². The van der Waals surface area contributed by atoms with E-state index in [1.165, 1.54) is 0 Å². The average molecular weight is 377 g/mol. The average Bonchev–Trinajstić information content (AvgIpc) is 2.57. The Hall–Kier alpha value is -2.08. The van der Waals surface area contributed by atoms with Crippen LogP contribution in [0.1, 0.15) is 52.6 Å². The molecule has 0 saturated heterocycles. The predicted molar refractivity (Wildman–Crippen MR) is 108 cm³/mol. The van der Waals surface area contributed by atoms with Gasteiger partial charge in [-0.2, -0.15) is 0 Å². The Kier molecular flexibility index (Phi) is 6.64. The van der Waals surface area contributed by atoms with Gasteiger partial charge in [0.2, 0.25) is 0 Å². The second-order valence-corrected chi connectivity index (χ2v) is 7.05. The second-order valence-electron chi connectivity index (χ2n) is 6.67. The van der Waals surface area contributed by atoms with Gasteiger partial charge in [-0.15, -0.1) is 0 Å². The predicted octanol–water partition coefficient (Wildman–Crippen LogP) is 3.99. The number of hydrogen-bond donors (Lipinski definition) is 1. The number of nitrogens with one attached hydrogen (secondary N) is 1. The number of thiocarbonyl (C=S) groups is 1. The minimum atomic E-state index is -0.296. The number of hydrogen-bond acceptors (Lipinski definition) is 4. The van der Waals surface area contributed by atoms with E-state index >= 15 is 0 Å². The summed E-state index contributed by atoms with van der Waals surface area (Å²) in [6.45, 7) is 10.4. The Morgan fingerprint density at radius 2 is 2.04 bits per heavy atom. The van der Waals surface area contributed by atoms with Crippen molar-refractivity contribution in [1.29, 1.82) is 0 Å². The number of ketones is 1. The Labute approximate surface area is 161 Å². The molecule has 0 saturated carbocycles. The van der Waals surface area contributed by atoms with Crippen LogP contribution < -0.4 is 14.8 Å². The number of ether oxygens (including phenoxy) is 2. The third kappa shape index (κ3) is 4.18. The van der Waals surface area contributed by atoms with E-state index in [1.807, 2.05) is 43.9 Å². The summed E-state index contributed by atoms with van der Waals surface area (Å²) in [7, 11) is 1.61. The summed E-state index contributed by atoms with van der Waals surface area (Å²) in [4.78, 5) is 14.4. The molecule has 0 spiro atoms. The van der Waals surface area contributed by atoms with Crippen LogP contribution in [0.3, 0.4) is 0 Å². The zero-order valence-corrected chi connectivity index (χ0v) is 17.2. The quantitative estimate of drug-likeness (QED) is 0.726. The Morgan fingerprint density at radius 1 is 1.35 bits per heavy atom. The molecule has 1 aromatic rings. The van der Waals surface area contributed by atoms with Crippen molar-refractivity contribution in [3.8, 4) is 11.5 Å². The van der Waals surface area contributed by atoms with Crippen LogP contribution in [0.2, 0.25) is 0 Å². The number of carbonyl (C=O) groups excluding carboxylic acids is 1. The van der Waals surface area contributed by atoms with Crippen LogP contribution in [0, 0.1) is 0 Å². The number of rotatable bonds is 7. The molecule has 6 heteroatoms. The molecule has 1 aromatic carbocycles. The molecule has 1 atom stereocenters. The van der Waals surface area contributed by atoms with Crippen molar-refractivity contribution in [3.63, 3.8) is 0 Å². The summed E-state index contributed by atoms with van der Waals surface area (Å²) in [6.07, 6.45) is 0.997. The van der Waals surface area contributed by atoms with Gasteiger partial charge in [0.05, 0.1) is 19.3 Å². The highest BCUT2D eigenvalue weighted by molar-refractivity contribution is 7.80. The monoisotopic (exact) mass is 376 g/mol. The zero-order chi connectivity index (χ0) is 19.4. The number of nitrogens with zero attached hydrogens (tertiary/aromatic N) is 1. The van der Waals surface area contributed by atoms with Crippen molar-refractivity contribution in [2.75, 3.05) is 13.7 Å². The summed E-state index contributed by atoms with van der Waals surface area (Å²) < 4.78 is 11.3. The first-order valence-corrected chi connectivity index (χ1v) is 9.35. The summed E-state index contributed by atoms with van der Waals surface area (Å²) in [5.41, 5.74) is 2.56. The first kappa shape index (κ1) is 20.2. The lowest BCUT2D eigenvalue weighted by atomic mass is 9.92. The maximum atomic E-state index is 12.4. The van der Waals surface area contributed by atoms with Gasteiger partial charge in [0.25, 0.3) is 0 Å². The third-order valence-electron chi connectivity index (χ3n) is 4.31. The maximum absolute atomic E-state index is 12.4. The first-order chi connectivity index (χ1) is 12.3. The van der Waals surface area contributed by atoms with E-state index in [9.17, 15) is 4.79 Å². The molecular weight excluding hydrogens is 348 g/mol. The van der Waals surface area contributed by atoms with E-state index in [0.717, 1.165) is 29.8 Å². The van der Waals surface area contributed by atoms with Gasteiger partial charge in [0.1, 0.15) is 0 Å². The van der Waals surface area contributed by atoms with Gasteiger partial charge in [-0.05, 0) is 64.0 Å². The molecule has 0 aromatic heterocycles. The Morgan fingerprint density at radius 3 is 2.58 bits per heavy atom. The van der Waals surface area contributed by atoms with Gasteiger partial charge in [-0.3, -0.25) is 4.79 Å². The number of carbonyl (C=O) groups is 1. The third-order valence-corrected chi connectivity index (χ3v) is 4.64. The molecule has 5 nitrogen and oxygen atoms in total. The standard InChI is InChI=1S/C20H28N2O3S/c1-7-10-22-13(4)18(14(5)23)19(21-20(22)26)15-8-9-16(25-12(2)3)17(11-15)24-6/h8-9,11-12,19H,7,10H2,1-6H3,(H,21,26). The van der Waals surface area contributed by atoms with Crippen LogP contribution in [-0.2, 0) is 4.79 Å². The van der Waals surface area contributed by atoms with E-state index in [0.29, 0.717) is 16.6 Å². The molecule has 0 fully saturated rings. The summed E-state index contributed by atoms with van der Waals surface area (Å²) in [6, 6.07) is 5.44. The van der Waals surface area contributed by atoms with Gasteiger partial charge >= 0.3 is 0 Å². The van der Waals surface area contributed by atoms with Crippen LogP contribution in [-0.4, -0.2) is 35.6 Å². The summed E-state index contributed by atoms with van der Waals surface area (Å²) >= 11 is 5.54. The normalized spacial score (nSPS) is 17.4. The highest BCUT2D eigenvalue weighted by atomic mass is 32.1. The number of allylic oxidation sites excluding steroid dienone is 1. The first-order valence-electron chi connectivity index (χ1n) is 8.94. The molecule has 1 N–H and O–H groups in total. The summed E-state index contributed by atoms with van der Waals surface area (Å²) in [5, 5.41) is 3.96. The van der Waals surface area contributed by atoms with Gasteiger partial charge in [-0.25, -0.2) is 0 Å². The van der Waals surface area contributed by atoms with Crippen molar-refractivity contribution in [3.05, 3.63) is 35.0 Å². The summed E-state index contributed by atoms with van der Waals surface area (Å²) in [5.74, 6) is 1.35. The minimum absolute atomic E-state index is 0.0325. The van der Waals surface area contributed by atoms with Crippen LogP contribution in [0.5, 0.6) is 11.5 Å². The van der Waals surface area contributed by atoms with Crippen LogP contribution in [0.15, 0.2) is 29.5 Å². The van der Waals surface area contributed by atoms with Crippen LogP contribution >= 0.6 is 12.2 Å². The molecule has 0 bridgehead atoms. The SMILES string of the molecule is CCCN1C(=S)NC(c2ccc(OC(C)C)c(OC)c2)C(C(C)=O)=C1C. The smallest absolute Gasteiger partial charge is 0.173 e. The minimum Gasteiger partial charge on any atom is -0.493 e. The highest BCUT2D eigenvalue weighted by Crippen LogP contribution is 2.36. The molecule has 0 aliphatic carbocycles. The largest absolute Gasteiger partial charge is 0.493 e. The Bertz CT molecular complexity index is 728. The van der Waals surface area contributed by atoms with Gasteiger partial charge < -0.3 is 19.7 Å². The molecule has 0 amide bonds. The van der Waals surface area contributed by atoms with Crippen LogP contribution in [0.4, 0.5) is 0 Å². The molecule has 26 heavy (non-hydrogen) atoms. The zero-order valence-electron chi connectivity index (χ0n) is 16.4. The molecule has 1 aliphatic rings. The van der Waals surface area contributed by atoms with Gasteiger partial charge in [-0.1, -0.05) is 13.0 Å². The van der Waals surface area contributed by atoms with Crippen molar-refractivity contribution < 1.29 is 14.3 Å². The van der Waals surface area contributed by atoms with Crippen molar-refractivity contribution in [2.45, 2.75) is 53.2 Å². The van der Waals surface area contributed by atoms with Crippen molar-refractivity contribution in [1.82, 2.24) is 10.2 Å². The lowest BCUT2D eigenvalue weighted by molar-refractivity contribution is -0.114. The molecule has 1 unspecified atom stereocenters. The fourth-order valence-electron chi connectivity index (χ4n) is 3.20. The van der Waals surface area contributed by atoms with E-state index in [2.05, 4.69) is 12.2 Å². The van der Waals surface area contributed by atoms with Crippen molar-refractivity contribution in [2.24, 2.45) is 0 Å². The lowest BCUT2D eigenvalue weighted by Gasteiger charge is -2.37. The van der Waals surface area contributed by atoms with E-state index in [1.54, 1.807) is 14.0 Å². The second kappa shape index (κ2) is 8.54. The molecule has 0 radical (unpaired) electrons. The number of methoxy groups -OCH3 is 1. The molecule has 142 valence electrons. The highest BCUT2D eigenvalue weighted by Gasteiger charge is 2.32. The lowest BCUT2D eigenvalue weighted by Crippen LogP contribution is -2.47. The van der Waals surface area contributed by atoms with Gasteiger partial charge in [0, 0.05) is 17.8 Å². The fourth-order valence-corrected chi connectivity index (χ4v) is 3.54. The van der Waals surface area contributed by atoms with E-state index in [-0.39, 0.29) is 17.9 Å². The maximum Gasteiger partial charge on any atom is 0.173 e. The molecule has 1 heterocycles. The number of benzene rings is 1. The fraction of sp³-hybridized carbons (Fsp3) is 0.500. The topological polar surface area (TPSA) is 50.8 Å². The Balaban J connectivity index is 2.49. The van der Waals surface area contributed by atoms with Gasteiger partial charge in [0.15, 0.2) is 22.4 Å². The van der Waals surface area contributed by atoms with Crippen LogP contribution in [0.25, 0.3) is 0 Å². The molecule has 2 rings (SSSR count). The molecule has 1 aliphatic heterocycles. The van der Waals surface area contributed by atoms with Crippen molar-refractivity contribution >= 4 is 23.1 Å².